The first kappa shape index (κ1) is 13.4. The monoisotopic (exact) mass is 274 g/mol. The smallest absolute Gasteiger partial charge is 0.269 e. The van der Waals surface area contributed by atoms with E-state index in [-0.39, 0.29) is 16.0 Å². The fourth-order valence-corrected chi connectivity index (χ4v) is 4.51. The van der Waals surface area contributed by atoms with E-state index in [0.29, 0.717) is 11.5 Å². The Labute approximate surface area is 119 Å². The molecule has 20 heavy (non-hydrogen) atoms. The van der Waals surface area contributed by atoms with Crippen LogP contribution in [0.15, 0.2) is 24.3 Å². The fourth-order valence-electron chi connectivity index (χ4n) is 4.51. The van der Waals surface area contributed by atoms with E-state index in [0.717, 1.165) is 11.6 Å². The number of non-ortho nitro benzene ring substituents is 1. The minimum atomic E-state index is -0.355. The van der Waals surface area contributed by atoms with Crippen molar-refractivity contribution in [2.75, 3.05) is 5.32 Å². The molecule has 4 nitrogen and oxygen atoms in total. The van der Waals surface area contributed by atoms with Crippen LogP contribution in [0.3, 0.4) is 0 Å². The van der Waals surface area contributed by atoms with Crippen LogP contribution in [-0.4, -0.2) is 11.0 Å². The molecular formula is C16H22N2O2. The highest BCUT2D eigenvalue weighted by atomic mass is 16.6. The number of nitrogens with one attached hydrogen (secondary N) is 1. The van der Waals surface area contributed by atoms with Crippen LogP contribution in [0.2, 0.25) is 0 Å². The van der Waals surface area contributed by atoms with Gasteiger partial charge in [0.25, 0.3) is 5.69 Å². The molecule has 0 radical (unpaired) electrons. The maximum Gasteiger partial charge on any atom is 0.269 e. The van der Waals surface area contributed by atoms with Gasteiger partial charge < -0.3 is 5.32 Å². The second-order valence-corrected chi connectivity index (χ2v) is 7.30. The van der Waals surface area contributed by atoms with Crippen LogP contribution in [0.4, 0.5) is 11.4 Å². The van der Waals surface area contributed by atoms with Crippen LogP contribution >= 0.6 is 0 Å². The standard InChI is InChI=1S/C16H22N2O2/c1-15(2)11-8-9-16(3,10-11)14(15)17-12-4-6-13(7-5-12)18(19)20/h4-7,11,14,17H,8-10H2,1-3H3. The predicted molar refractivity (Wildman–Crippen MR) is 79.7 cm³/mol. The van der Waals surface area contributed by atoms with Crippen molar-refractivity contribution in [1.82, 2.24) is 0 Å². The van der Waals surface area contributed by atoms with E-state index in [2.05, 4.69) is 26.1 Å². The van der Waals surface area contributed by atoms with Gasteiger partial charge in [0.1, 0.15) is 0 Å². The molecule has 3 unspecified atom stereocenters. The number of nitrogens with zero attached hydrogens (tertiary/aromatic N) is 1. The SMILES string of the molecule is CC12CCC(C1)C(C)(C)C2Nc1ccc([N+](=O)[O-])cc1. The number of rotatable bonds is 3. The molecule has 108 valence electrons. The summed E-state index contributed by atoms with van der Waals surface area (Å²) in [5.74, 6) is 0.794. The van der Waals surface area contributed by atoms with Crippen molar-refractivity contribution in [2.24, 2.45) is 16.7 Å². The quantitative estimate of drug-likeness (QED) is 0.663. The van der Waals surface area contributed by atoms with Crippen molar-refractivity contribution < 1.29 is 4.92 Å². The summed E-state index contributed by atoms with van der Waals surface area (Å²) in [5, 5.41) is 14.3. The van der Waals surface area contributed by atoms with Gasteiger partial charge in [0.15, 0.2) is 0 Å². The number of nitro groups is 1. The Hall–Kier alpha value is -1.58. The lowest BCUT2D eigenvalue weighted by molar-refractivity contribution is -0.384. The fraction of sp³-hybridized carbons (Fsp3) is 0.625. The molecule has 1 N–H and O–H groups in total. The summed E-state index contributed by atoms with van der Waals surface area (Å²) in [4.78, 5) is 10.3. The van der Waals surface area contributed by atoms with Gasteiger partial charge >= 0.3 is 0 Å². The van der Waals surface area contributed by atoms with Gasteiger partial charge in [0, 0.05) is 23.9 Å². The van der Waals surface area contributed by atoms with Crippen LogP contribution in [0.1, 0.15) is 40.0 Å². The zero-order valence-corrected chi connectivity index (χ0v) is 12.3. The number of nitro benzene ring substituents is 1. The molecule has 0 aliphatic heterocycles. The molecule has 2 aliphatic carbocycles. The largest absolute Gasteiger partial charge is 0.381 e. The number of anilines is 1. The van der Waals surface area contributed by atoms with Gasteiger partial charge in [-0.05, 0) is 48.1 Å². The molecule has 1 aromatic rings. The number of fused-ring (bicyclic) bond motifs is 2. The zero-order chi connectivity index (χ0) is 14.5. The van der Waals surface area contributed by atoms with Crippen LogP contribution < -0.4 is 5.32 Å². The summed E-state index contributed by atoms with van der Waals surface area (Å²) in [6, 6.07) is 7.23. The van der Waals surface area contributed by atoms with E-state index in [1.165, 1.54) is 19.3 Å². The molecule has 3 atom stereocenters. The van der Waals surface area contributed by atoms with Crippen molar-refractivity contribution in [2.45, 2.75) is 46.1 Å². The molecule has 2 bridgehead atoms. The summed E-state index contributed by atoms with van der Waals surface area (Å²) >= 11 is 0. The second-order valence-electron chi connectivity index (χ2n) is 7.30. The molecule has 0 amide bonds. The molecule has 0 heterocycles. The minimum Gasteiger partial charge on any atom is -0.381 e. The highest BCUT2D eigenvalue weighted by Gasteiger charge is 2.59. The normalized spacial score (nSPS) is 34.1. The van der Waals surface area contributed by atoms with Crippen LogP contribution in [-0.2, 0) is 0 Å². The molecule has 4 heteroatoms. The highest BCUT2D eigenvalue weighted by molar-refractivity contribution is 5.50. The lowest BCUT2D eigenvalue weighted by Crippen LogP contribution is -2.45. The third-order valence-electron chi connectivity index (χ3n) is 5.66. The molecule has 0 saturated heterocycles. The van der Waals surface area contributed by atoms with Crippen LogP contribution in [0.25, 0.3) is 0 Å². The summed E-state index contributed by atoms with van der Waals surface area (Å²) in [6.45, 7) is 7.08. The van der Waals surface area contributed by atoms with E-state index in [4.69, 9.17) is 0 Å². The van der Waals surface area contributed by atoms with E-state index >= 15 is 0 Å². The Kier molecular flexibility index (Phi) is 2.82. The summed E-state index contributed by atoms with van der Waals surface area (Å²) in [6.07, 6.45) is 3.92. The maximum atomic E-state index is 10.7. The van der Waals surface area contributed by atoms with E-state index in [1.807, 2.05) is 12.1 Å². The summed E-state index contributed by atoms with van der Waals surface area (Å²) in [5.41, 5.74) is 1.78. The van der Waals surface area contributed by atoms with Crippen molar-refractivity contribution in [3.8, 4) is 0 Å². The topological polar surface area (TPSA) is 55.2 Å². The highest BCUT2D eigenvalue weighted by Crippen LogP contribution is 2.63. The first-order valence-corrected chi connectivity index (χ1v) is 7.34. The molecule has 2 aliphatic rings. The summed E-state index contributed by atoms with van der Waals surface area (Å²) < 4.78 is 0. The van der Waals surface area contributed by atoms with Gasteiger partial charge in [-0.1, -0.05) is 20.8 Å². The van der Waals surface area contributed by atoms with Gasteiger partial charge in [-0.2, -0.15) is 0 Å². The molecule has 0 aromatic heterocycles. The zero-order valence-electron chi connectivity index (χ0n) is 12.3. The Morgan fingerprint density at radius 1 is 1.25 bits per heavy atom. The lowest BCUT2D eigenvalue weighted by Gasteiger charge is -2.43. The molecule has 0 spiro atoms. The van der Waals surface area contributed by atoms with Crippen molar-refractivity contribution in [1.29, 1.82) is 0 Å². The lowest BCUT2D eigenvalue weighted by atomic mass is 9.68. The minimum absolute atomic E-state index is 0.147. The third-order valence-corrected chi connectivity index (χ3v) is 5.66. The molecule has 2 saturated carbocycles. The van der Waals surface area contributed by atoms with Gasteiger partial charge in [0.2, 0.25) is 0 Å². The number of benzene rings is 1. The van der Waals surface area contributed by atoms with Crippen molar-refractivity contribution in [3.63, 3.8) is 0 Å². The van der Waals surface area contributed by atoms with Crippen molar-refractivity contribution >= 4 is 11.4 Å². The third kappa shape index (κ3) is 1.89. The Balaban J connectivity index is 1.82. The molecule has 3 rings (SSSR count). The van der Waals surface area contributed by atoms with Crippen LogP contribution in [0.5, 0.6) is 0 Å². The van der Waals surface area contributed by atoms with Crippen LogP contribution in [0, 0.1) is 26.9 Å². The van der Waals surface area contributed by atoms with E-state index < -0.39 is 0 Å². The van der Waals surface area contributed by atoms with E-state index in [1.54, 1.807) is 12.1 Å². The van der Waals surface area contributed by atoms with Gasteiger partial charge in [0.05, 0.1) is 4.92 Å². The molecule has 1 aromatic carbocycles. The summed E-state index contributed by atoms with van der Waals surface area (Å²) in [7, 11) is 0. The maximum absolute atomic E-state index is 10.7. The molecule has 2 fully saturated rings. The Morgan fingerprint density at radius 3 is 2.40 bits per heavy atom. The second kappa shape index (κ2) is 4.21. The van der Waals surface area contributed by atoms with Gasteiger partial charge in [-0.15, -0.1) is 0 Å². The Bertz CT molecular complexity index is 533. The van der Waals surface area contributed by atoms with Gasteiger partial charge in [-0.25, -0.2) is 0 Å². The molecular weight excluding hydrogens is 252 g/mol. The first-order valence-electron chi connectivity index (χ1n) is 7.34. The first-order chi connectivity index (χ1) is 9.33. The average Bonchev–Trinajstić information content (AvgIpc) is 2.86. The number of hydrogen-bond acceptors (Lipinski definition) is 3. The van der Waals surface area contributed by atoms with E-state index in [9.17, 15) is 10.1 Å². The van der Waals surface area contributed by atoms with Gasteiger partial charge in [-0.3, -0.25) is 10.1 Å². The predicted octanol–water partition coefficient (Wildman–Crippen LogP) is 4.22. The van der Waals surface area contributed by atoms with Crippen molar-refractivity contribution in [3.05, 3.63) is 34.4 Å². The average molecular weight is 274 g/mol. The Morgan fingerprint density at radius 2 is 1.90 bits per heavy atom. The number of hydrogen-bond donors (Lipinski definition) is 1.